The number of carbonyl (C=O) groups excluding carboxylic acids is 1. The fraction of sp³-hybridized carbons (Fsp3) is 0.304. The maximum Gasteiger partial charge on any atom is 0.340 e. The average molecular weight is 395 g/mol. The first-order chi connectivity index (χ1) is 13.7. The number of hydrogen-bond donors (Lipinski definition) is 1. The summed E-state index contributed by atoms with van der Waals surface area (Å²) < 4.78 is 25.3. The highest BCUT2D eigenvalue weighted by atomic mass is 19.1. The van der Waals surface area contributed by atoms with Crippen LogP contribution in [-0.4, -0.2) is 11.5 Å². The topological polar surface area (TPSA) is 68.5 Å². The Kier molecular flexibility index (Phi) is 4.65. The van der Waals surface area contributed by atoms with Gasteiger partial charge in [-0.2, -0.15) is 0 Å². The van der Waals surface area contributed by atoms with E-state index in [2.05, 4.69) is 5.32 Å². The predicted molar refractivity (Wildman–Crippen MR) is 109 cm³/mol. The summed E-state index contributed by atoms with van der Waals surface area (Å²) in [6.07, 6.45) is 1.55. The van der Waals surface area contributed by atoms with Gasteiger partial charge in [0.1, 0.15) is 22.8 Å². The summed E-state index contributed by atoms with van der Waals surface area (Å²) in [6, 6.07) is 9.62. The van der Waals surface area contributed by atoms with Crippen LogP contribution in [0, 0.1) is 12.7 Å². The third kappa shape index (κ3) is 3.75. The minimum absolute atomic E-state index is 0.0779. The van der Waals surface area contributed by atoms with E-state index in [1.165, 1.54) is 12.1 Å². The number of nitrogens with one attached hydrogen (secondary N) is 1. The Hall–Kier alpha value is -3.15. The van der Waals surface area contributed by atoms with E-state index in [0.29, 0.717) is 11.1 Å². The van der Waals surface area contributed by atoms with Gasteiger partial charge in [-0.05, 0) is 62.9 Å². The smallest absolute Gasteiger partial charge is 0.340 e. The Morgan fingerprint density at radius 3 is 2.76 bits per heavy atom. The number of benzene rings is 2. The van der Waals surface area contributed by atoms with Gasteiger partial charge in [0.2, 0.25) is 5.91 Å². The Labute approximate surface area is 167 Å². The molecule has 0 saturated carbocycles. The molecule has 0 bridgehead atoms. The minimum Gasteiger partial charge on any atom is -0.487 e. The molecule has 1 aromatic heterocycles. The molecule has 2 aromatic carbocycles. The fourth-order valence-electron chi connectivity index (χ4n) is 3.66. The molecule has 0 unspecified atom stereocenters. The molecule has 0 fully saturated rings. The molecule has 1 amide bonds. The van der Waals surface area contributed by atoms with Gasteiger partial charge in [0.25, 0.3) is 0 Å². The number of ether oxygens (including phenoxy) is 1. The van der Waals surface area contributed by atoms with E-state index in [4.69, 9.17) is 9.15 Å². The van der Waals surface area contributed by atoms with Crippen molar-refractivity contribution in [3.8, 4) is 5.75 Å². The second-order valence-corrected chi connectivity index (χ2v) is 8.02. The summed E-state index contributed by atoms with van der Waals surface area (Å²) in [6.45, 7) is 5.85. The first-order valence-corrected chi connectivity index (χ1v) is 9.56. The monoisotopic (exact) mass is 395 g/mol. The number of anilines is 1. The molecule has 0 atom stereocenters. The molecule has 0 spiro atoms. The molecule has 0 radical (unpaired) electrons. The lowest BCUT2D eigenvalue weighted by atomic mass is 9.92. The third-order valence-electron chi connectivity index (χ3n) is 5.34. The Balaban J connectivity index is 1.68. The highest BCUT2D eigenvalue weighted by Crippen LogP contribution is 2.36. The first kappa shape index (κ1) is 19.2. The SMILES string of the molecule is Cc1c(CC(=O)Nc2ccccc2F)c(=O)oc2cc3c(cc12)CCC(C)(C)O3. The largest absolute Gasteiger partial charge is 0.487 e. The predicted octanol–water partition coefficient (Wildman–Crippen LogP) is 4.53. The van der Waals surface area contributed by atoms with Crippen LogP contribution in [0.15, 0.2) is 45.6 Å². The Bertz CT molecular complexity index is 1180. The van der Waals surface area contributed by atoms with Crippen molar-refractivity contribution >= 4 is 22.6 Å². The molecular formula is C23H22FNO4. The lowest BCUT2D eigenvalue weighted by Crippen LogP contribution is -2.32. The Morgan fingerprint density at radius 2 is 2.00 bits per heavy atom. The maximum atomic E-state index is 13.8. The van der Waals surface area contributed by atoms with Crippen LogP contribution in [-0.2, 0) is 17.6 Å². The van der Waals surface area contributed by atoms with E-state index in [1.807, 2.05) is 19.9 Å². The lowest BCUT2D eigenvalue weighted by molar-refractivity contribution is -0.115. The molecule has 0 aliphatic carbocycles. The average Bonchev–Trinajstić information content (AvgIpc) is 2.65. The van der Waals surface area contributed by atoms with Crippen LogP contribution in [0.25, 0.3) is 11.0 Å². The summed E-state index contributed by atoms with van der Waals surface area (Å²) in [5, 5.41) is 3.28. The van der Waals surface area contributed by atoms with Crippen LogP contribution in [0.1, 0.15) is 37.0 Å². The molecular weight excluding hydrogens is 373 g/mol. The van der Waals surface area contributed by atoms with Crippen molar-refractivity contribution in [1.82, 2.24) is 0 Å². The molecule has 1 aliphatic heterocycles. The van der Waals surface area contributed by atoms with Gasteiger partial charge in [-0.15, -0.1) is 0 Å². The maximum absolute atomic E-state index is 13.8. The molecule has 1 N–H and O–H groups in total. The van der Waals surface area contributed by atoms with E-state index >= 15 is 0 Å². The van der Waals surface area contributed by atoms with E-state index in [1.54, 1.807) is 25.1 Å². The first-order valence-electron chi connectivity index (χ1n) is 9.56. The van der Waals surface area contributed by atoms with Crippen LogP contribution < -0.4 is 15.7 Å². The quantitative estimate of drug-likeness (QED) is 0.662. The molecule has 150 valence electrons. The highest BCUT2D eigenvalue weighted by molar-refractivity contribution is 5.93. The summed E-state index contributed by atoms with van der Waals surface area (Å²) >= 11 is 0. The number of carbonyl (C=O) groups is 1. The standard InChI is InChI=1S/C23H22FNO4/c1-13-15-10-14-8-9-23(2,3)29-19(14)12-20(15)28-22(27)16(13)11-21(26)25-18-7-5-4-6-17(18)24/h4-7,10,12H,8-9,11H2,1-3H3,(H,25,26). The van der Waals surface area contributed by atoms with E-state index < -0.39 is 17.3 Å². The van der Waals surface area contributed by atoms with Crippen molar-refractivity contribution < 1.29 is 18.3 Å². The zero-order chi connectivity index (χ0) is 20.8. The van der Waals surface area contributed by atoms with E-state index in [0.717, 1.165) is 29.5 Å². The van der Waals surface area contributed by atoms with Crippen LogP contribution in [0.2, 0.25) is 0 Å². The number of amides is 1. The van der Waals surface area contributed by atoms with E-state index in [9.17, 15) is 14.0 Å². The third-order valence-corrected chi connectivity index (χ3v) is 5.34. The molecule has 0 saturated heterocycles. The second kappa shape index (κ2) is 7.03. The van der Waals surface area contributed by atoms with E-state index in [-0.39, 0.29) is 23.3 Å². The molecule has 6 heteroatoms. The van der Waals surface area contributed by atoms with Gasteiger partial charge in [-0.3, -0.25) is 4.79 Å². The lowest BCUT2D eigenvalue weighted by Gasteiger charge is -2.32. The molecule has 5 nitrogen and oxygen atoms in total. The Morgan fingerprint density at radius 1 is 1.24 bits per heavy atom. The zero-order valence-corrected chi connectivity index (χ0v) is 16.6. The summed E-state index contributed by atoms with van der Waals surface area (Å²) in [5.41, 5.74) is 1.68. The minimum atomic E-state index is -0.575. The van der Waals surface area contributed by atoms with Crippen molar-refractivity contribution in [2.45, 2.75) is 45.6 Å². The van der Waals surface area contributed by atoms with Crippen molar-refractivity contribution in [2.24, 2.45) is 0 Å². The van der Waals surface area contributed by atoms with Gasteiger partial charge in [-0.1, -0.05) is 12.1 Å². The molecule has 1 aliphatic rings. The molecule has 2 heterocycles. The van der Waals surface area contributed by atoms with Gasteiger partial charge < -0.3 is 14.5 Å². The normalized spacial score (nSPS) is 14.9. The van der Waals surface area contributed by atoms with Gasteiger partial charge in [-0.25, -0.2) is 9.18 Å². The number of aryl methyl sites for hydroxylation is 2. The van der Waals surface area contributed by atoms with Gasteiger partial charge in [0.05, 0.1) is 17.7 Å². The zero-order valence-electron chi connectivity index (χ0n) is 16.6. The highest BCUT2D eigenvalue weighted by Gasteiger charge is 2.28. The van der Waals surface area contributed by atoms with Gasteiger partial charge in [0.15, 0.2) is 0 Å². The van der Waals surface area contributed by atoms with Crippen LogP contribution in [0.3, 0.4) is 0 Å². The second-order valence-electron chi connectivity index (χ2n) is 8.02. The molecule has 4 rings (SSSR count). The molecule has 29 heavy (non-hydrogen) atoms. The number of hydrogen-bond acceptors (Lipinski definition) is 4. The van der Waals surface area contributed by atoms with Gasteiger partial charge >= 0.3 is 5.63 Å². The van der Waals surface area contributed by atoms with Crippen molar-refractivity contribution in [2.75, 3.05) is 5.32 Å². The summed E-state index contributed by atoms with van der Waals surface area (Å²) in [5.74, 6) is -0.285. The summed E-state index contributed by atoms with van der Waals surface area (Å²) in [4.78, 5) is 24.9. The number of fused-ring (bicyclic) bond motifs is 2. The fourth-order valence-corrected chi connectivity index (χ4v) is 3.66. The van der Waals surface area contributed by atoms with Crippen LogP contribution in [0.4, 0.5) is 10.1 Å². The summed E-state index contributed by atoms with van der Waals surface area (Å²) in [7, 11) is 0. The number of rotatable bonds is 3. The van der Waals surface area contributed by atoms with Crippen molar-refractivity contribution in [3.63, 3.8) is 0 Å². The number of halogens is 1. The van der Waals surface area contributed by atoms with Crippen molar-refractivity contribution in [3.05, 3.63) is 69.3 Å². The van der Waals surface area contributed by atoms with Crippen LogP contribution >= 0.6 is 0 Å². The van der Waals surface area contributed by atoms with Crippen LogP contribution in [0.5, 0.6) is 5.75 Å². The van der Waals surface area contributed by atoms with Gasteiger partial charge in [0, 0.05) is 11.5 Å². The number of para-hydroxylation sites is 1. The van der Waals surface area contributed by atoms with Crippen molar-refractivity contribution in [1.29, 1.82) is 0 Å². The molecule has 3 aromatic rings.